The molecule has 182 valence electrons. The van der Waals surface area contributed by atoms with Crippen LogP contribution in [-0.2, 0) is 6.42 Å². The molecule has 2 N–H and O–H groups in total. The van der Waals surface area contributed by atoms with Crippen LogP contribution in [0.15, 0.2) is 58.0 Å². The molecule has 1 aliphatic rings. The topological polar surface area (TPSA) is 92.9 Å². The predicted molar refractivity (Wildman–Crippen MR) is 136 cm³/mol. The molecule has 3 aromatic rings. The van der Waals surface area contributed by atoms with E-state index in [0.717, 1.165) is 59.6 Å². The van der Waals surface area contributed by atoms with Crippen LogP contribution in [0.2, 0.25) is 0 Å². The molecule has 0 fully saturated rings. The Kier molecular flexibility index (Phi) is 7.65. The normalized spacial score (nSPS) is 13.9. The molecule has 2 aromatic carbocycles. The van der Waals surface area contributed by atoms with E-state index >= 15 is 0 Å². The fourth-order valence-corrected chi connectivity index (χ4v) is 4.16. The van der Waals surface area contributed by atoms with Gasteiger partial charge in [-0.2, -0.15) is 5.10 Å². The van der Waals surface area contributed by atoms with Crippen LogP contribution in [0.3, 0.4) is 0 Å². The summed E-state index contributed by atoms with van der Waals surface area (Å²) in [6, 6.07) is 14.7. The van der Waals surface area contributed by atoms with Crippen LogP contribution in [0.4, 0.5) is 5.69 Å². The smallest absolute Gasteiger partial charge is 0.291 e. The maximum atomic E-state index is 13.0. The maximum absolute atomic E-state index is 13.0. The van der Waals surface area contributed by atoms with E-state index in [-0.39, 0.29) is 17.6 Å². The lowest BCUT2D eigenvalue weighted by molar-refractivity contribution is 0.0952. The number of aryl methyl sites for hydroxylation is 2. The molecule has 0 saturated carbocycles. The van der Waals surface area contributed by atoms with Gasteiger partial charge in [-0.05, 0) is 69.0 Å². The van der Waals surface area contributed by atoms with Gasteiger partial charge in [-0.3, -0.25) is 9.59 Å². The van der Waals surface area contributed by atoms with E-state index in [0.29, 0.717) is 24.3 Å². The molecule has 0 spiro atoms. The summed E-state index contributed by atoms with van der Waals surface area (Å²) in [5.41, 5.74) is 7.06. The number of anilines is 1. The summed E-state index contributed by atoms with van der Waals surface area (Å²) in [6.45, 7) is 6.53. The number of furan rings is 1. The fraction of sp³-hybridized carbons (Fsp3) is 0.321. The number of unbranched alkanes of at least 4 members (excludes halogenated alkanes) is 1. The SMILES string of the molecule is CCCCOc1ccc(NC(=O)c2oc3c(c2C)/C(=N/NC(=O)c2ccccc2C)CCC3)cc1. The third-order valence-corrected chi connectivity index (χ3v) is 6.09. The van der Waals surface area contributed by atoms with Crippen LogP contribution >= 0.6 is 0 Å². The molecule has 7 heteroatoms. The largest absolute Gasteiger partial charge is 0.494 e. The molecule has 4 rings (SSSR count). The highest BCUT2D eigenvalue weighted by Crippen LogP contribution is 2.30. The van der Waals surface area contributed by atoms with Gasteiger partial charge in [0.15, 0.2) is 5.76 Å². The number of fused-ring (bicyclic) bond motifs is 1. The zero-order chi connectivity index (χ0) is 24.8. The zero-order valence-corrected chi connectivity index (χ0v) is 20.4. The Bertz CT molecular complexity index is 1240. The second-order valence-electron chi connectivity index (χ2n) is 8.70. The van der Waals surface area contributed by atoms with Crippen molar-refractivity contribution >= 4 is 23.2 Å². The Morgan fingerprint density at radius 1 is 1.03 bits per heavy atom. The molecular formula is C28H31N3O4. The first-order valence-electron chi connectivity index (χ1n) is 12.1. The third-order valence-electron chi connectivity index (χ3n) is 6.09. The van der Waals surface area contributed by atoms with Gasteiger partial charge in [0.1, 0.15) is 11.5 Å². The van der Waals surface area contributed by atoms with Crippen molar-refractivity contribution in [2.24, 2.45) is 5.10 Å². The van der Waals surface area contributed by atoms with Gasteiger partial charge in [-0.25, -0.2) is 5.43 Å². The Balaban J connectivity index is 1.48. The number of nitrogens with one attached hydrogen (secondary N) is 2. The highest BCUT2D eigenvalue weighted by molar-refractivity contribution is 6.09. The monoisotopic (exact) mass is 473 g/mol. The van der Waals surface area contributed by atoms with Crippen molar-refractivity contribution in [3.63, 3.8) is 0 Å². The standard InChI is InChI=1S/C28H31N3O4/c1-4-5-17-34-21-15-13-20(14-16-21)29-28(33)26-19(3)25-23(11-8-12-24(25)35-26)30-31-27(32)22-10-7-6-9-18(22)2/h6-7,9-10,13-16H,4-5,8,11-12,17H2,1-3H3,(H,29,33)(H,31,32)/b30-23+. The molecule has 0 saturated heterocycles. The van der Waals surface area contributed by atoms with Crippen molar-refractivity contribution in [3.05, 3.63) is 82.3 Å². The van der Waals surface area contributed by atoms with E-state index in [1.54, 1.807) is 6.07 Å². The van der Waals surface area contributed by atoms with Crippen molar-refractivity contribution in [1.29, 1.82) is 0 Å². The molecule has 0 unspecified atom stereocenters. The summed E-state index contributed by atoms with van der Waals surface area (Å²) in [5, 5.41) is 7.31. The lowest BCUT2D eigenvalue weighted by Gasteiger charge is -2.13. The van der Waals surface area contributed by atoms with Crippen molar-refractivity contribution in [3.8, 4) is 5.75 Å². The summed E-state index contributed by atoms with van der Waals surface area (Å²) in [7, 11) is 0. The number of ether oxygens (including phenoxy) is 1. The summed E-state index contributed by atoms with van der Waals surface area (Å²) in [5.74, 6) is 1.18. The Morgan fingerprint density at radius 3 is 2.54 bits per heavy atom. The molecular weight excluding hydrogens is 442 g/mol. The van der Waals surface area contributed by atoms with E-state index in [1.807, 2.05) is 56.3 Å². The van der Waals surface area contributed by atoms with Crippen LogP contribution in [-0.4, -0.2) is 24.1 Å². The third kappa shape index (κ3) is 5.62. The van der Waals surface area contributed by atoms with Gasteiger partial charge in [0.05, 0.1) is 12.3 Å². The van der Waals surface area contributed by atoms with Gasteiger partial charge < -0.3 is 14.5 Å². The number of benzene rings is 2. The zero-order valence-electron chi connectivity index (χ0n) is 20.4. The summed E-state index contributed by atoms with van der Waals surface area (Å²) in [4.78, 5) is 25.6. The number of nitrogens with zero attached hydrogens (tertiary/aromatic N) is 1. The molecule has 35 heavy (non-hydrogen) atoms. The van der Waals surface area contributed by atoms with Gasteiger partial charge in [-0.1, -0.05) is 31.5 Å². The van der Waals surface area contributed by atoms with E-state index in [9.17, 15) is 9.59 Å². The van der Waals surface area contributed by atoms with E-state index in [2.05, 4.69) is 22.8 Å². The molecule has 0 bridgehead atoms. The van der Waals surface area contributed by atoms with Gasteiger partial charge in [-0.15, -0.1) is 0 Å². The lowest BCUT2D eigenvalue weighted by Crippen LogP contribution is -2.22. The van der Waals surface area contributed by atoms with E-state index in [4.69, 9.17) is 9.15 Å². The molecule has 1 heterocycles. The van der Waals surface area contributed by atoms with Crippen molar-refractivity contribution in [2.75, 3.05) is 11.9 Å². The van der Waals surface area contributed by atoms with Gasteiger partial charge in [0, 0.05) is 28.8 Å². The molecule has 2 amide bonds. The van der Waals surface area contributed by atoms with Crippen molar-refractivity contribution in [2.45, 2.75) is 52.9 Å². The van der Waals surface area contributed by atoms with Crippen LogP contribution in [0, 0.1) is 13.8 Å². The highest BCUT2D eigenvalue weighted by Gasteiger charge is 2.28. The van der Waals surface area contributed by atoms with Crippen LogP contribution in [0.1, 0.15) is 76.0 Å². The second-order valence-corrected chi connectivity index (χ2v) is 8.70. The Morgan fingerprint density at radius 2 is 1.80 bits per heavy atom. The molecule has 0 radical (unpaired) electrons. The second kappa shape index (κ2) is 11.0. The number of rotatable bonds is 8. The maximum Gasteiger partial charge on any atom is 0.291 e. The minimum absolute atomic E-state index is 0.260. The van der Waals surface area contributed by atoms with Gasteiger partial charge in [0.25, 0.3) is 11.8 Å². The first kappa shape index (κ1) is 24.3. The number of carbonyl (C=O) groups is 2. The molecule has 1 aliphatic carbocycles. The Labute approximate surface area is 205 Å². The number of hydrogen-bond acceptors (Lipinski definition) is 5. The van der Waals surface area contributed by atoms with Gasteiger partial charge in [0.2, 0.25) is 0 Å². The predicted octanol–water partition coefficient (Wildman–Crippen LogP) is 5.80. The first-order chi connectivity index (χ1) is 17.0. The highest BCUT2D eigenvalue weighted by atomic mass is 16.5. The van der Waals surface area contributed by atoms with Gasteiger partial charge >= 0.3 is 0 Å². The first-order valence-corrected chi connectivity index (χ1v) is 12.1. The average molecular weight is 474 g/mol. The number of carbonyl (C=O) groups excluding carboxylic acids is 2. The summed E-state index contributed by atoms with van der Waals surface area (Å²) < 4.78 is 11.6. The summed E-state index contributed by atoms with van der Waals surface area (Å²) >= 11 is 0. The molecule has 0 aliphatic heterocycles. The van der Waals surface area contributed by atoms with Crippen LogP contribution in [0.5, 0.6) is 5.75 Å². The van der Waals surface area contributed by atoms with E-state index < -0.39 is 0 Å². The van der Waals surface area contributed by atoms with Crippen LogP contribution in [0.25, 0.3) is 0 Å². The molecule has 0 atom stereocenters. The quantitative estimate of drug-likeness (QED) is 0.319. The minimum Gasteiger partial charge on any atom is -0.494 e. The fourth-order valence-electron chi connectivity index (χ4n) is 4.16. The average Bonchev–Trinajstić information content (AvgIpc) is 3.21. The minimum atomic E-state index is -0.320. The molecule has 1 aromatic heterocycles. The van der Waals surface area contributed by atoms with E-state index in [1.165, 1.54) is 0 Å². The Hall–Kier alpha value is -3.87. The van der Waals surface area contributed by atoms with Crippen LogP contribution < -0.4 is 15.5 Å². The van der Waals surface area contributed by atoms with Crippen molar-refractivity contribution in [1.82, 2.24) is 5.43 Å². The molecule has 7 nitrogen and oxygen atoms in total. The number of amides is 2. The summed E-state index contributed by atoms with van der Waals surface area (Å²) in [6.07, 6.45) is 4.33. The number of hydrogen-bond donors (Lipinski definition) is 2. The lowest BCUT2D eigenvalue weighted by atomic mass is 9.93. The van der Waals surface area contributed by atoms with Crippen molar-refractivity contribution < 1.29 is 18.7 Å². The number of hydrazone groups is 1.